The van der Waals surface area contributed by atoms with Crippen molar-refractivity contribution in [3.63, 3.8) is 0 Å². The van der Waals surface area contributed by atoms with E-state index in [9.17, 15) is 13.6 Å². The zero-order valence-corrected chi connectivity index (χ0v) is 16.7. The number of halogens is 2. The molecule has 31 heavy (non-hydrogen) atoms. The zero-order valence-electron chi connectivity index (χ0n) is 16.7. The summed E-state index contributed by atoms with van der Waals surface area (Å²) in [4.78, 5) is 27.4. The quantitative estimate of drug-likeness (QED) is 0.723. The van der Waals surface area contributed by atoms with Crippen LogP contribution in [-0.2, 0) is 9.53 Å². The van der Waals surface area contributed by atoms with Gasteiger partial charge in [0.05, 0.1) is 17.3 Å². The minimum absolute atomic E-state index is 0.105. The van der Waals surface area contributed by atoms with Gasteiger partial charge in [0.25, 0.3) is 12.4 Å². The van der Waals surface area contributed by atoms with Crippen LogP contribution in [0, 0.1) is 23.5 Å². The summed E-state index contributed by atoms with van der Waals surface area (Å²) < 4.78 is 33.6. The van der Waals surface area contributed by atoms with Gasteiger partial charge in [0.1, 0.15) is 17.5 Å². The molecular formula is C22H23F2N3O4. The first kappa shape index (κ1) is 21.2. The van der Waals surface area contributed by atoms with Crippen LogP contribution in [0.5, 0.6) is 0 Å². The fraction of sp³-hybridized carbons (Fsp3) is 0.409. The third kappa shape index (κ3) is 3.97. The van der Waals surface area contributed by atoms with E-state index in [0.29, 0.717) is 6.54 Å². The number of ether oxygens (including phenoxy) is 1. The summed E-state index contributed by atoms with van der Waals surface area (Å²) in [5.41, 5.74) is -0.456. The second-order valence-corrected chi connectivity index (χ2v) is 8.04. The number of carbonyl (C=O) groups excluding carboxylic acids is 1. The Balaban J connectivity index is 0.000000730. The van der Waals surface area contributed by atoms with Crippen LogP contribution in [0.4, 0.5) is 14.6 Å². The van der Waals surface area contributed by atoms with E-state index in [4.69, 9.17) is 14.6 Å². The molecule has 1 aromatic heterocycles. The van der Waals surface area contributed by atoms with Gasteiger partial charge in [-0.05, 0) is 43.2 Å². The Morgan fingerprint density at radius 2 is 2.16 bits per heavy atom. The third-order valence-corrected chi connectivity index (χ3v) is 6.43. The van der Waals surface area contributed by atoms with Crippen LogP contribution in [-0.4, -0.2) is 53.8 Å². The minimum atomic E-state index is -0.721. The molecule has 1 spiro atoms. The maximum absolute atomic E-state index is 13.9. The number of benzene rings is 1. The lowest BCUT2D eigenvalue weighted by atomic mass is 9.73. The molecule has 1 amide bonds. The molecule has 0 radical (unpaired) electrons. The number of hydrogen-bond donors (Lipinski definition) is 2. The first-order valence-corrected chi connectivity index (χ1v) is 10.1. The van der Waals surface area contributed by atoms with Gasteiger partial charge < -0.3 is 20.1 Å². The van der Waals surface area contributed by atoms with Crippen molar-refractivity contribution in [1.82, 2.24) is 10.3 Å². The molecule has 0 aliphatic carbocycles. The fourth-order valence-corrected chi connectivity index (χ4v) is 5.16. The molecule has 164 valence electrons. The highest BCUT2D eigenvalue weighted by Gasteiger charge is 2.63. The van der Waals surface area contributed by atoms with Gasteiger partial charge in [-0.3, -0.25) is 9.59 Å². The summed E-state index contributed by atoms with van der Waals surface area (Å²) in [6, 6.07) is 8.77. The van der Waals surface area contributed by atoms with Crippen molar-refractivity contribution in [1.29, 1.82) is 0 Å². The lowest BCUT2D eigenvalue weighted by Crippen LogP contribution is -2.42. The van der Waals surface area contributed by atoms with E-state index in [1.807, 2.05) is 18.2 Å². The molecule has 4 heterocycles. The Morgan fingerprint density at radius 1 is 1.35 bits per heavy atom. The van der Waals surface area contributed by atoms with Crippen LogP contribution in [0.15, 0.2) is 42.6 Å². The van der Waals surface area contributed by atoms with Gasteiger partial charge in [0, 0.05) is 37.7 Å². The smallest absolute Gasteiger partial charge is 0.290 e. The molecule has 1 aromatic carbocycles. The van der Waals surface area contributed by atoms with E-state index in [-0.39, 0.29) is 35.6 Å². The number of rotatable bonds is 4. The summed E-state index contributed by atoms with van der Waals surface area (Å²) in [5, 5.41) is 9.69. The van der Waals surface area contributed by atoms with Crippen molar-refractivity contribution < 1.29 is 28.2 Å². The maximum atomic E-state index is 13.9. The monoisotopic (exact) mass is 431 g/mol. The number of hydrogen-bond acceptors (Lipinski definition) is 5. The highest BCUT2D eigenvalue weighted by molar-refractivity contribution is 5.94. The lowest BCUT2D eigenvalue weighted by molar-refractivity contribution is -0.122. The predicted molar refractivity (Wildman–Crippen MR) is 108 cm³/mol. The van der Waals surface area contributed by atoms with E-state index < -0.39 is 17.5 Å². The van der Waals surface area contributed by atoms with Crippen molar-refractivity contribution in [3.05, 3.63) is 59.8 Å². The molecule has 0 saturated carbocycles. The first-order valence-electron chi connectivity index (χ1n) is 10.1. The number of nitrogens with zero attached hydrogens (tertiary/aromatic N) is 2. The SMILES string of the molecule is O=C(NC[C@H]1[C@H]2CN(c3ccccn3)C[C@]23CC[C@H]1O3)c1cc(F)ccc1F.O=CO. The molecule has 4 atom stereocenters. The topological polar surface area (TPSA) is 91.8 Å². The maximum Gasteiger partial charge on any atom is 0.290 e. The van der Waals surface area contributed by atoms with Crippen molar-refractivity contribution >= 4 is 18.2 Å². The molecule has 7 nitrogen and oxygen atoms in total. The summed E-state index contributed by atoms with van der Waals surface area (Å²) in [6.45, 7) is 1.76. The third-order valence-electron chi connectivity index (χ3n) is 6.43. The van der Waals surface area contributed by atoms with Crippen LogP contribution in [0.25, 0.3) is 0 Å². The van der Waals surface area contributed by atoms with Gasteiger partial charge in [-0.15, -0.1) is 0 Å². The highest BCUT2D eigenvalue weighted by atomic mass is 19.1. The van der Waals surface area contributed by atoms with Gasteiger partial charge in [-0.2, -0.15) is 0 Å². The molecule has 3 saturated heterocycles. The van der Waals surface area contributed by atoms with Crippen LogP contribution >= 0.6 is 0 Å². The van der Waals surface area contributed by atoms with Crippen molar-refractivity contribution in [2.45, 2.75) is 24.5 Å². The highest BCUT2D eigenvalue weighted by Crippen LogP contribution is 2.55. The van der Waals surface area contributed by atoms with E-state index in [2.05, 4.69) is 15.2 Å². The molecule has 2 aromatic rings. The molecular weight excluding hydrogens is 408 g/mol. The van der Waals surface area contributed by atoms with Gasteiger partial charge in [0.2, 0.25) is 0 Å². The largest absolute Gasteiger partial charge is 0.483 e. The molecule has 5 rings (SSSR count). The number of carboxylic acid groups (broad SMARTS) is 1. The van der Waals surface area contributed by atoms with Crippen LogP contribution in [0.2, 0.25) is 0 Å². The zero-order chi connectivity index (χ0) is 22.0. The standard InChI is InChI=1S/C21H21F2N3O2.CH2O2/c22-13-4-5-17(23)14(9-13)20(27)25-10-15-16-11-26(19-3-1-2-8-24-19)12-21(16)7-6-18(15)28-21;2-1-3/h1-5,8-9,15-16,18H,6-7,10-12H2,(H,25,27);1H,(H,2,3)/t15-,16+,18+,21+;/m0./s1. The number of anilines is 1. The van der Waals surface area contributed by atoms with Crippen molar-refractivity contribution in [2.24, 2.45) is 11.8 Å². The Labute approximate surface area is 178 Å². The second kappa shape index (κ2) is 8.58. The Kier molecular flexibility index (Phi) is 5.86. The van der Waals surface area contributed by atoms with Gasteiger partial charge >= 0.3 is 0 Å². The Morgan fingerprint density at radius 3 is 2.90 bits per heavy atom. The van der Waals surface area contributed by atoms with Crippen LogP contribution < -0.4 is 10.2 Å². The van der Waals surface area contributed by atoms with E-state index in [1.54, 1.807) is 6.20 Å². The van der Waals surface area contributed by atoms with Crippen LogP contribution in [0.1, 0.15) is 23.2 Å². The predicted octanol–water partition coefficient (Wildman–Crippen LogP) is 2.47. The summed E-state index contributed by atoms with van der Waals surface area (Å²) >= 11 is 0. The molecule has 0 unspecified atom stereocenters. The first-order chi connectivity index (χ1) is 15.0. The Bertz CT molecular complexity index is 961. The molecule has 2 N–H and O–H groups in total. The van der Waals surface area contributed by atoms with Crippen molar-refractivity contribution in [3.8, 4) is 0 Å². The van der Waals surface area contributed by atoms with E-state index >= 15 is 0 Å². The molecule has 3 aliphatic heterocycles. The summed E-state index contributed by atoms with van der Waals surface area (Å²) in [5.74, 6) is -0.567. The number of amides is 1. The number of pyridine rings is 1. The number of fused-ring (bicyclic) bond motifs is 1. The molecule has 9 heteroatoms. The normalized spacial score (nSPS) is 27.9. The van der Waals surface area contributed by atoms with Gasteiger partial charge in [-0.1, -0.05) is 6.07 Å². The van der Waals surface area contributed by atoms with E-state index in [0.717, 1.165) is 49.9 Å². The van der Waals surface area contributed by atoms with Crippen LogP contribution in [0.3, 0.4) is 0 Å². The van der Waals surface area contributed by atoms with Gasteiger partial charge in [-0.25, -0.2) is 13.8 Å². The lowest BCUT2D eigenvalue weighted by Gasteiger charge is -2.29. The molecule has 3 aliphatic rings. The minimum Gasteiger partial charge on any atom is -0.483 e. The van der Waals surface area contributed by atoms with Gasteiger partial charge in [0.15, 0.2) is 0 Å². The molecule has 2 bridgehead atoms. The van der Waals surface area contributed by atoms with Crippen molar-refractivity contribution in [2.75, 3.05) is 24.5 Å². The summed E-state index contributed by atoms with van der Waals surface area (Å²) in [7, 11) is 0. The van der Waals surface area contributed by atoms with E-state index in [1.165, 1.54) is 0 Å². The molecule has 3 fully saturated rings. The number of nitrogens with one attached hydrogen (secondary N) is 1. The number of carbonyl (C=O) groups is 2. The average molecular weight is 431 g/mol. The Hall–Kier alpha value is -3.07. The number of aromatic nitrogens is 1. The average Bonchev–Trinajstić information content (AvgIpc) is 3.44. The summed E-state index contributed by atoms with van der Waals surface area (Å²) in [6.07, 6.45) is 3.86. The fourth-order valence-electron chi connectivity index (χ4n) is 5.16. The second-order valence-electron chi connectivity index (χ2n) is 8.04.